The number of hydrogen-bond donors (Lipinski definition) is 1. The second-order valence-electron chi connectivity index (χ2n) is 6.06. The molecule has 0 unspecified atom stereocenters. The van der Waals surface area contributed by atoms with E-state index in [9.17, 15) is 22.4 Å². The van der Waals surface area contributed by atoms with Gasteiger partial charge in [-0.25, -0.2) is 17.6 Å². The number of aryl methyl sites for hydroxylation is 1. The fourth-order valence-electron chi connectivity index (χ4n) is 2.77. The largest absolute Gasteiger partial charge is 0.325 e. The highest BCUT2D eigenvalue weighted by Crippen LogP contribution is 2.31. The summed E-state index contributed by atoms with van der Waals surface area (Å²) in [4.78, 5) is 12.4. The van der Waals surface area contributed by atoms with E-state index in [-0.39, 0.29) is 28.3 Å². The van der Waals surface area contributed by atoms with Gasteiger partial charge in [-0.05, 0) is 35.9 Å². The summed E-state index contributed by atoms with van der Waals surface area (Å²) in [6, 6.07) is 7.47. The molecule has 2 aromatic carbocycles. The molecule has 0 fully saturated rings. The van der Waals surface area contributed by atoms with Crippen LogP contribution in [0.1, 0.15) is 17.7 Å². The lowest BCUT2D eigenvalue weighted by molar-refractivity contribution is -0.115. The number of nitrogens with zero attached hydrogens (tertiary/aromatic N) is 2. The van der Waals surface area contributed by atoms with Gasteiger partial charge >= 0.3 is 0 Å². The van der Waals surface area contributed by atoms with E-state index in [0.717, 1.165) is 18.2 Å². The van der Waals surface area contributed by atoms with Gasteiger partial charge in [0.05, 0.1) is 11.4 Å². The van der Waals surface area contributed by atoms with Gasteiger partial charge in [0.15, 0.2) is 0 Å². The van der Waals surface area contributed by atoms with Gasteiger partial charge in [-0.2, -0.15) is 5.10 Å². The molecule has 0 saturated heterocycles. The Labute approximate surface area is 162 Å². The van der Waals surface area contributed by atoms with Crippen molar-refractivity contribution in [2.75, 3.05) is 5.32 Å². The van der Waals surface area contributed by atoms with Gasteiger partial charge in [0.2, 0.25) is 5.91 Å². The van der Waals surface area contributed by atoms with E-state index in [2.05, 4.69) is 10.4 Å². The zero-order chi connectivity index (χ0) is 20.4. The Morgan fingerprint density at radius 3 is 2.64 bits per heavy atom. The standard InChI is InChI=1S/C19H14ClF4N3O/c1-27-9-11(18(26-27)19(23)24)7-17(28)25-16-5-3-12(21)8-13(16)10-2-4-14(20)15(22)6-10/h2-6,8-9,19H,7H2,1H3,(H,25,28). The van der Waals surface area contributed by atoms with Crippen LogP contribution < -0.4 is 5.32 Å². The predicted octanol–water partition coefficient (Wildman–Crippen LogP) is 5.14. The van der Waals surface area contributed by atoms with Crippen molar-refractivity contribution in [3.63, 3.8) is 0 Å². The predicted molar refractivity (Wildman–Crippen MR) is 97.3 cm³/mol. The van der Waals surface area contributed by atoms with Gasteiger partial charge in [0.1, 0.15) is 17.3 Å². The van der Waals surface area contributed by atoms with E-state index in [0.29, 0.717) is 5.56 Å². The van der Waals surface area contributed by atoms with Crippen LogP contribution >= 0.6 is 11.6 Å². The molecule has 4 nitrogen and oxygen atoms in total. The van der Waals surface area contributed by atoms with E-state index < -0.39 is 29.7 Å². The van der Waals surface area contributed by atoms with Crippen molar-refractivity contribution in [3.8, 4) is 11.1 Å². The molecule has 0 aliphatic heterocycles. The molecule has 0 saturated carbocycles. The number of carbonyl (C=O) groups excluding carboxylic acids is 1. The van der Waals surface area contributed by atoms with Gasteiger partial charge in [0, 0.05) is 30.1 Å². The minimum atomic E-state index is -2.82. The first-order chi connectivity index (χ1) is 13.2. The number of alkyl halides is 2. The lowest BCUT2D eigenvalue weighted by atomic mass is 10.0. The molecule has 9 heteroatoms. The summed E-state index contributed by atoms with van der Waals surface area (Å²) in [7, 11) is 1.47. The van der Waals surface area contributed by atoms with Crippen LogP contribution in [0, 0.1) is 11.6 Å². The molecular formula is C19H14ClF4N3O. The molecule has 28 heavy (non-hydrogen) atoms. The number of benzene rings is 2. The Morgan fingerprint density at radius 2 is 1.96 bits per heavy atom. The third-order valence-electron chi connectivity index (χ3n) is 3.98. The van der Waals surface area contributed by atoms with Crippen LogP contribution in [0.2, 0.25) is 5.02 Å². The highest BCUT2D eigenvalue weighted by Gasteiger charge is 2.20. The highest BCUT2D eigenvalue weighted by atomic mass is 35.5. The lowest BCUT2D eigenvalue weighted by Gasteiger charge is -2.12. The Balaban J connectivity index is 1.88. The Kier molecular flexibility index (Phi) is 5.69. The van der Waals surface area contributed by atoms with Crippen LogP contribution in [0.15, 0.2) is 42.6 Å². The Bertz CT molecular complexity index is 1040. The summed E-state index contributed by atoms with van der Waals surface area (Å²) < 4.78 is 54.7. The topological polar surface area (TPSA) is 46.9 Å². The van der Waals surface area contributed by atoms with Crippen molar-refractivity contribution < 1.29 is 22.4 Å². The Hall–Kier alpha value is -2.87. The van der Waals surface area contributed by atoms with Crippen molar-refractivity contribution in [2.45, 2.75) is 12.8 Å². The van der Waals surface area contributed by atoms with E-state index >= 15 is 0 Å². The number of amides is 1. The molecule has 1 N–H and O–H groups in total. The van der Waals surface area contributed by atoms with Gasteiger partial charge in [-0.1, -0.05) is 17.7 Å². The van der Waals surface area contributed by atoms with Crippen molar-refractivity contribution in [3.05, 3.63) is 70.5 Å². The number of aromatic nitrogens is 2. The second-order valence-corrected chi connectivity index (χ2v) is 6.46. The molecule has 3 rings (SSSR count). The molecule has 1 aromatic heterocycles. The van der Waals surface area contributed by atoms with Gasteiger partial charge in [0.25, 0.3) is 6.43 Å². The summed E-state index contributed by atoms with van der Waals surface area (Å²) >= 11 is 5.67. The van der Waals surface area contributed by atoms with E-state index in [1.165, 1.54) is 36.1 Å². The minimum absolute atomic E-state index is 0.0798. The maximum atomic E-state index is 13.8. The number of hydrogen-bond acceptors (Lipinski definition) is 2. The van der Waals surface area contributed by atoms with Crippen LogP contribution in [-0.2, 0) is 18.3 Å². The molecular weight excluding hydrogens is 398 g/mol. The molecule has 0 spiro atoms. The quantitative estimate of drug-likeness (QED) is 0.591. The van der Waals surface area contributed by atoms with Crippen LogP contribution in [-0.4, -0.2) is 15.7 Å². The average Bonchev–Trinajstić information content (AvgIpc) is 2.99. The number of nitrogens with one attached hydrogen (secondary N) is 1. The lowest BCUT2D eigenvalue weighted by Crippen LogP contribution is -2.15. The number of carbonyl (C=O) groups is 1. The third-order valence-corrected chi connectivity index (χ3v) is 4.29. The summed E-state index contributed by atoms with van der Waals surface area (Å²) in [6.07, 6.45) is -1.83. The maximum absolute atomic E-state index is 13.8. The summed E-state index contributed by atoms with van der Waals surface area (Å²) in [6.45, 7) is 0. The average molecular weight is 412 g/mol. The van der Waals surface area contributed by atoms with E-state index in [1.807, 2.05) is 0 Å². The first kappa shape index (κ1) is 19.9. The number of halogens is 5. The van der Waals surface area contributed by atoms with Gasteiger partial charge in [-0.3, -0.25) is 9.48 Å². The molecule has 0 atom stereocenters. The fraction of sp³-hybridized carbons (Fsp3) is 0.158. The fourth-order valence-corrected chi connectivity index (χ4v) is 2.89. The zero-order valence-electron chi connectivity index (χ0n) is 14.5. The number of rotatable bonds is 5. The molecule has 0 aliphatic carbocycles. The SMILES string of the molecule is Cn1cc(CC(=O)Nc2ccc(F)cc2-c2ccc(Cl)c(F)c2)c(C(F)F)n1. The normalized spacial score (nSPS) is 11.1. The molecule has 0 radical (unpaired) electrons. The maximum Gasteiger partial charge on any atom is 0.282 e. The molecule has 0 bridgehead atoms. The first-order valence-electron chi connectivity index (χ1n) is 8.10. The van der Waals surface area contributed by atoms with Crippen LogP contribution in [0.4, 0.5) is 23.2 Å². The number of anilines is 1. The van der Waals surface area contributed by atoms with Gasteiger partial charge in [-0.15, -0.1) is 0 Å². The van der Waals surface area contributed by atoms with Crippen LogP contribution in [0.5, 0.6) is 0 Å². The van der Waals surface area contributed by atoms with Gasteiger partial charge < -0.3 is 5.32 Å². The second kappa shape index (κ2) is 8.02. The Morgan fingerprint density at radius 1 is 1.21 bits per heavy atom. The van der Waals surface area contributed by atoms with Crippen molar-refractivity contribution in [1.29, 1.82) is 0 Å². The summed E-state index contributed by atoms with van der Waals surface area (Å²) in [5.74, 6) is -1.88. The monoisotopic (exact) mass is 411 g/mol. The van der Waals surface area contributed by atoms with Crippen LogP contribution in [0.3, 0.4) is 0 Å². The molecule has 1 heterocycles. The van der Waals surface area contributed by atoms with E-state index in [4.69, 9.17) is 11.6 Å². The molecule has 3 aromatic rings. The van der Waals surface area contributed by atoms with Crippen LogP contribution in [0.25, 0.3) is 11.1 Å². The molecule has 146 valence electrons. The molecule has 0 aliphatic rings. The minimum Gasteiger partial charge on any atom is -0.325 e. The highest BCUT2D eigenvalue weighted by molar-refractivity contribution is 6.30. The van der Waals surface area contributed by atoms with Crippen molar-refractivity contribution in [2.24, 2.45) is 7.05 Å². The smallest absolute Gasteiger partial charge is 0.282 e. The van der Waals surface area contributed by atoms with Crippen molar-refractivity contribution in [1.82, 2.24) is 9.78 Å². The third kappa shape index (κ3) is 4.33. The van der Waals surface area contributed by atoms with Crippen molar-refractivity contribution >= 4 is 23.2 Å². The first-order valence-corrected chi connectivity index (χ1v) is 8.48. The zero-order valence-corrected chi connectivity index (χ0v) is 15.3. The van der Waals surface area contributed by atoms with E-state index in [1.54, 1.807) is 0 Å². The summed E-state index contributed by atoms with van der Waals surface area (Å²) in [5, 5.41) is 6.10. The summed E-state index contributed by atoms with van der Waals surface area (Å²) in [5.41, 5.74) is 0.332. The molecule has 1 amide bonds.